The SMILES string of the molecule is CNCc1cn(S(=O)(=O)c2cc3ccccc3o2)c(-c2ccccc2F)c1OC. The Kier molecular flexibility index (Phi) is 4.89. The first-order valence-electron chi connectivity index (χ1n) is 8.89. The van der Waals surface area contributed by atoms with Crippen LogP contribution in [0.15, 0.2) is 70.3 Å². The Labute approximate surface area is 167 Å². The number of halogens is 1. The van der Waals surface area contributed by atoms with Crippen LogP contribution in [0.5, 0.6) is 5.75 Å². The molecule has 8 heteroatoms. The second-order valence-corrected chi connectivity index (χ2v) is 8.20. The molecule has 0 saturated carbocycles. The van der Waals surface area contributed by atoms with Gasteiger partial charge in [0.1, 0.15) is 22.8 Å². The summed E-state index contributed by atoms with van der Waals surface area (Å²) in [5.41, 5.74) is 1.25. The molecule has 4 aromatic rings. The van der Waals surface area contributed by atoms with Gasteiger partial charge in [-0.2, -0.15) is 8.42 Å². The third-order valence-electron chi connectivity index (χ3n) is 4.62. The number of ether oxygens (including phenoxy) is 1. The van der Waals surface area contributed by atoms with Gasteiger partial charge in [-0.1, -0.05) is 30.3 Å². The van der Waals surface area contributed by atoms with Crippen molar-refractivity contribution in [3.8, 4) is 17.0 Å². The maximum absolute atomic E-state index is 14.6. The highest BCUT2D eigenvalue weighted by molar-refractivity contribution is 7.89. The van der Waals surface area contributed by atoms with Gasteiger partial charge in [-0.3, -0.25) is 0 Å². The molecular formula is C21H19FN2O4S. The summed E-state index contributed by atoms with van der Waals surface area (Å²) in [4.78, 5) is 0. The molecule has 0 saturated heterocycles. The first-order chi connectivity index (χ1) is 14.0. The van der Waals surface area contributed by atoms with E-state index in [1.807, 2.05) is 0 Å². The quantitative estimate of drug-likeness (QED) is 0.516. The second-order valence-electron chi connectivity index (χ2n) is 6.45. The molecule has 6 nitrogen and oxygen atoms in total. The third-order valence-corrected chi connectivity index (χ3v) is 6.13. The van der Waals surface area contributed by atoms with Crippen LogP contribution in [0.1, 0.15) is 5.56 Å². The maximum atomic E-state index is 14.6. The van der Waals surface area contributed by atoms with Gasteiger partial charge in [0.2, 0.25) is 5.09 Å². The van der Waals surface area contributed by atoms with Crippen LogP contribution in [0.3, 0.4) is 0 Å². The lowest BCUT2D eigenvalue weighted by molar-refractivity contribution is 0.410. The maximum Gasteiger partial charge on any atom is 0.301 e. The molecule has 1 N–H and O–H groups in total. The van der Waals surface area contributed by atoms with Crippen LogP contribution in [-0.2, 0) is 16.6 Å². The van der Waals surface area contributed by atoms with Crippen LogP contribution >= 0.6 is 0 Å². The van der Waals surface area contributed by atoms with Crippen molar-refractivity contribution in [1.29, 1.82) is 0 Å². The molecule has 0 aliphatic heterocycles. The Bertz CT molecular complexity index is 1260. The fraction of sp³-hybridized carbons (Fsp3) is 0.143. The molecule has 2 aromatic heterocycles. The van der Waals surface area contributed by atoms with Gasteiger partial charge in [0.25, 0.3) is 0 Å². The molecular weight excluding hydrogens is 395 g/mol. The molecule has 4 rings (SSSR count). The molecule has 0 aliphatic rings. The summed E-state index contributed by atoms with van der Waals surface area (Å²) < 4.78 is 53.7. The Morgan fingerprint density at radius 1 is 1.14 bits per heavy atom. The summed E-state index contributed by atoms with van der Waals surface area (Å²) in [7, 11) is -0.994. The van der Waals surface area contributed by atoms with Crippen molar-refractivity contribution in [3.63, 3.8) is 0 Å². The van der Waals surface area contributed by atoms with Gasteiger partial charge in [0, 0.05) is 35.3 Å². The number of para-hydroxylation sites is 1. The lowest BCUT2D eigenvalue weighted by Crippen LogP contribution is -2.13. The summed E-state index contributed by atoms with van der Waals surface area (Å²) in [5, 5.41) is 3.40. The third kappa shape index (κ3) is 3.20. The van der Waals surface area contributed by atoms with E-state index in [-0.39, 0.29) is 22.1 Å². The van der Waals surface area contributed by atoms with Crippen LogP contribution in [0.2, 0.25) is 0 Å². The summed E-state index contributed by atoms with van der Waals surface area (Å²) in [6.07, 6.45) is 1.43. The van der Waals surface area contributed by atoms with Crippen molar-refractivity contribution in [1.82, 2.24) is 9.29 Å². The number of furan rings is 1. The van der Waals surface area contributed by atoms with Crippen LogP contribution in [0.25, 0.3) is 22.2 Å². The number of nitrogens with zero attached hydrogens (tertiary/aromatic N) is 1. The zero-order chi connectivity index (χ0) is 20.6. The fourth-order valence-corrected chi connectivity index (χ4v) is 4.68. The molecule has 0 amide bonds. The van der Waals surface area contributed by atoms with Gasteiger partial charge in [-0.15, -0.1) is 0 Å². The Hall–Kier alpha value is -3.10. The van der Waals surface area contributed by atoms with Gasteiger partial charge < -0.3 is 14.5 Å². The van der Waals surface area contributed by atoms with Gasteiger partial charge in [0.15, 0.2) is 0 Å². The van der Waals surface area contributed by atoms with Crippen LogP contribution < -0.4 is 10.1 Å². The van der Waals surface area contributed by atoms with Gasteiger partial charge in [-0.25, -0.2) is 8.36 Å². The van der Waals surface area contributed by atoms with E-state index in [0.717, 1.165) is 3.97 Å². The van der Waals surface area contributed by atoms with E-state index in [4.69, 9.17) is 9.15 Å². The van der Waals surface area contributed by atoms with Crippen molar-refractivity contribution < 1.29 is 22.0 Å². The van der Waals surface area contributed by atoms with Crippen molar-refractivity contribution in [2.75, 3.05) is 14.2 Å². The molecule has 0 radical (unpaired) electrons. The first kappa shape index (κ1) is 19.2. The average molecular weight is 414 g/mol. The minimum atomic E-state index is -4.15. The van der Waals surface area contributed by atoms with E-state index in [1.165, 1.54) is 31.5 Å². The fourth-order valence-electron chi connectivity index (χ4n) is 3.33. The molecule has 150 valence electrons. The number of nitrogens with one attached hydrogen (secondary N) is 1. The van der Waals surface area contributed by atoms with E-state index in [1.54, 1.807) is 43.4 Å². The standard InChI is InChI=1S/C21H19FN2O4S/c1-23-12-15-13-24(20(21(15)27-2)16-8-4-5-9-17(16)22)29(25,26)19-11-14-7-3-6-10-18(14)28-19/h3-11,13,23H,12H2,1-2H3. The number of aromatic nitrogens is 1. The summed E-state index contributed by atoms with van der Waals surface area (Å²) >= 11 is 0. The first-order valence-corrected chi connectivity index (χ1v) is 10.3. The molecule has 0 spiro atoms. The zero-order valence-electron chi connectivity index (χ0n) is 15.8. The molecule has 0 atom stereocenters. The van der Waals surface area contributed by atoms with E-state index < -0.39 is 15.8 Å². The van der Waals surface area contributed by atoms with Crippen molar-refractivity contribution >= 4 is 21.0 Å². The monoisotopic (exact) mass is 414 g/mol. The van der Waals surface area contributed by atoms with Crippen LogP contribution in [-0.4, -0.2) is 26.5 Å². The largest absolute Gasteiger partial charge is 0.494 e. The lowest BCUT2D eigenvalue weighted by Gasteiger charge is -2.11. The van der Waals surface area contributed by atoms with E-state index in [9.17, 15) is 12.8 Å². The Balaban J connectivity index is 2.00. The Morgan fingerprint density at radius 2 is 1.86 bits per heavy atom. The molecule has 2 heterocycles. The predicted octanol–water partition coefficient (Wildman–Crippen LogP) is 4.01. The van der Waals surface area contributed by atoms with Crippen molar-refractivity contribution in [2.24, 2.45) is 0 Å². The normalized spacial score (nSPS) is 11.8. The average Bonchev–Trinajstić information content (AvgIpc) is 3.31. The molecule has 0 fully saturated rings. The lowest BCUT2D eigenvalue weighted by atomic mass is 10.1. The number of methoxy groups -OCH3 is 1. The van der Waals surface area contributed by atoms with Crippen LogP contribution in [0, 0.1) is 5.82 Å². The predicted molar refractivity (Wildman–Crippen MR) is 108 cm³/mol. The minimum absolute atomic E-state index is 0.108. The topological polar surface area (TPSA) is 73.5 Å². The highest BCUT2D eigenvalue weighted by atomic mass is 32.2. The Morgan fingerprint density at radius 3 is 2.55 bits per heavy atom. The summed E-state index contributed by atoms with van der Waals surface area (Å²) in [5.74, 6) is -0.273. The summed E-state index contributed by atoms with van der Waals surface area (Å²) in [6.45, 7) is 0.341. The minimum Gasteiger partial charge on any atom is -0.494 e. The molecule has 0 unspecified atom stereocenters. The van der Waals surface area contributed by atoms with Crippen molar-refractivity contribution in [3.05, 3.63) is 72.2 Å². The molecule has 0 aliphatic carbocycles. The molecule has 29 heavy (non-hydrogen) atoms. The van der Waals surface area contributed by atoms with E-state index in [2.05, 4.69) is 5.32 Å². The van der Waals surface area contributed by atoms with Crippen molar-refractivity contribution in [2.45, 2.75) is 11.6 Å². The van der Waals surface area contributed by atoms with Gasteiger partial charge in [0.05, 0.1) is 7.11 Å². The number of fused-ring (bicyclic) bond motifs is 1. The number of benzene rings is 2. The second kappa shape index (κ2) is 7.38. The number of hydrogen-bond donors (Lipinski definition) is 1. The zero-order valence-corrected chi connectivity index (χ0v) is 16.7. The highest BCUT2D eigenvalue weighted by Gasteiger charge is 2.30. The smallest absolute Gasteiger partial charge is 0.301 e. The number of hydrogen-bond acceptors (Lipinski definition) is 5. The molecule has 2 aromatic carbocycles. The van der Waals surface area contributed by atoms with Gasteiger partial charge >= 0.3 is 10.0 Å². The van der Waals surface area contributed by atoms with E-state index >= 15 is 0 Å². The van der Waals surface area contributed by atoms with Crippen LogP contribution in [0.4, 0.5) is 4.39 Å². The number of rotatable bonds is 6. The highest BCUT2D eigenvalue weighted by Crippen LogP contribution is 2.39. The van der Waals surface area contributed by atoms with E-state index in [0.29, 0.717) is 23.1 Å². The summed E-state index contributed by atoms with van der Waals surface area (Å²) in [6, 6.07) is 14.4. The van der Waals surface area contributed by atoms with Gasteiger partial charge in [-0.05, 0) is 25.2 Å². The molecule has 0 bridgehead atoms.